The van der Waals surface area contributed by atoms with Gasteiger partial charge < -0.3 is 4.57 Å². The highest BCUT2D eigenvalue weighted by Crippen LogP contribution is 2.19. The Bertz CT molecular complexity index is 661. The first kappa shape index (κ1) is 12.5. The van der Waals surface area contributed by atoms with Crippen LogP contribution in [0.25, 0.3) is 0 Å². The first-order chi connectivity index (χ1) is 9.84. The molecule has 0 N–H and O–H groups in total. The first-order valence-electron chi connectivity index (χ1n) is 6.67. The van der Waals surface area contributed by atoms with Crippen LogP contribution >= 0.6 is 0 Å². The van der Waals surface area contributed by atoms with Gasteiger partial charge in [-0.15, -0.1) is 10.2 Å². The van der Waals surface area contributed by atoms with Crippen molar-refractivity contribution in [2.45, 2.75) is 19.4 Å². The Kier molecular flexibility index (Phi) is 3.54. The van der Waals surface area contributed by atoms with Gasteiger partial charge in [0.05, 0.1) is 6.04 Å². The molecule has 4 heteroatoms. The van der Waals surface area contributed by atoms with Crippen LogP contribution in [-0.4, -0.2) is 19.7 Å². The summed E-state index contributed by atoms with van der Waals surface area (Å²) in [5, 5.41) is 8.30. The van der Waals surface area contributed by atoms with Gasteiger partial charge in [-0.3, -0.25) is 4.98 Å². The summed E-state index contributed by atoms with van der Waals surface area (Å²) in [4.78, 5) is 4.14. The molecule has 0 saturated heterocycles. The zero-order chi connectivity index (χ0) is 13.8. The maximum absolute atomic E-state index is 4.24. The molecular formula is C16H16N4. The van der Waals surface area contributed by atoms with Crippen molar-refractivity contribution in [2.24, 2.45) is 0 Å². The highest BCUT2D eigenvalue weighted by molar-refractivity contribution is 5.21. The summed E-state index contributed by atoms with van der Waals surface area (Å²) in [7, 11) is 0. The quantitative estimate of drug-likeness (QED) is 0.727. The number of pyridine rings is 1. The van der Waals surface area contributed by atoms with Crippen LogP contribution in [0.1, 0.15) is 29.9 Å². The molecule has 100 valence electrons. The lowest BCUT2D eigenvalue weighted by Gasteiger charge is -2.15. The zero-order valence-electron chi connectivity index (χ0n) is 11.3. The van der Waals surface area contributed by atoms with Gasteiger partial charge in [-0.05, 0) is 24.1 Å². The fourth-order valence-corrected chi connectivity index (χ4v) is 2.29. The topological polar surface area (TPSA) is 43.6 Å². The van der Waals surface area contributed by atoms with Gasteiger partial charge in [0.2, 0.25) is 0 Å². The molecular weight excluding hydrogens is 248 g/mol. The van der Waals surface area contributed by atoms with E-state index in [0.717, 1.165) is 17.8 Å². The van der Waals surface area contributed by atoms with E-state index in [2.05, 4.69) is 57.0 Å². The van der Waals surface area contributed by atoms with Crippen LogP contribution in [0.5, 0.6) is 0 Å². The highest BCUT2D eigenvalue weighted by Gasteiger charge is 2.13. The molecule has 0 aliphatic rings. The van der Waals surface area contributed by atoms with Crippen molar-refractivity contribution in [3.05, 3.63) is 78.1 Å². The van der Waals surface area contributed by atoms with E-state index in [1.54, 1.807) is 12.5 Å². The number of rotatable bonds is 4. The van der Waals surface area contributed by atoms with Crippen molar-refractivity contribution < 1.29 is 0 Å². The van der Waals surface area contributed by atoms with Gasteiger partial charge in [-0.1, -0.05) is 36.4 Å². The van der Waals surface area contributed by atoms with Crippen LogP contribution < -0.4 is 0 Å². The molecule has 20 heavy (non-hydrogen) atoms. The molecule has 1 aromatic carbocycles. The Morgan fingerprint density at radius 2 is 1.95 bits per heavy atom. The molecule has 1 atom stereocenters. The minimum atomic E-state index is 0.220. The van der Waals surface area contributed by atoms with Crippen LogP contribution in [0.4, 0.5) is 0 Å². The van der Waals surface area contributed by atoms with E-state index in [4.69, 9.17) is 0 Å². The average Bonchev–Trinajstić information content (AvgIpc) is 2.96. The number of nitrogens with zero attached hydrogens (tertiary/aromatic N) is 4. The third-order valence-electron chi connectivity index (χ3n) is 3.43. The SMILES string of the molecule is CC(c1ccccc1)n1cnnc1Cc1cccnc1. The van der Waals surface area contributed by atoms with Crippen molar-refractivity contribution in [2.75, 3.05) is 0 Å². The summed E-state index contributed by atoms with van der Waals surface area (Å²) < 4.78 is 2.11. The van der Waals surface area contributed by atoms with Crippen LogP contribution in [0, 0.1) is 0 Å². The summed E-state index contributed by atoms with van der Waals surface area (Å²) in [5.74, 6) is 0.953. The molecule has 3 aromatic rings. The summed E-state index contributed by atoms with van der Waals surface area (Å²) in [5.41, 5.74) is 2.39. The van der Waals surface area contributed by atoms with E-state index >= 15 is 0 Å². The predicted molar refractivity (Wildman–Crippen MR) is 77.3 cm³/mol. The lowest BCUT2D eigenvalue weighted by molar-refractivity contribution is 0.608. The third kappa shape index (κ3) is 2.59. The second-order valence-electron chi connectivity index (χ2n) is 4.78. The van der Waals surface area contributed by atoms with Crippen molar-refractivity contribution in [1.29, 1.82) is 0 Å². The smallest absolute Gasteiger partial charge is 0.137 e. The number of benzene rings is 1. The molecule has 0 aliphatic heterocycles. The van der Waals surface area contributed by atoms with Gasteiger partial charge in [0, 0.05) is 18.8 Å². The maximum Gasteiger partial charge on any atom is 0.137 e. The summed E-state index contributed by atoms with van der Waals surface area (Å²) in [6.07, 6.45) is 6.18. The maximum atomic E-state index is 4.24. The Balaban J connectivity index is 1.87. The molecule has 0 fully saturated rings. The molecule has 0 bridgehead atoms. The van der Waals surface area contributed by atoms with Gasteiger partial charge in [-0.25, -0.2) is 0 Å². The molecule has 1 unspecified atom stereocenters. The monoisotopic (exact) mass is 264 g/mol. The van der Waals surface area contributed by atoms with E-state index in [1.165, 1.54) is 5.56 Å². The molecule has 0 aliphatic carbocycles. The largest absolute Gasteiger partial charge is 0.310 e. The Morgan fingerprint density at radius 3 is 2.70 bits per heavy atom. The summed E-state index contributed by atoms with van der Waals surface area (Å²) in [6.45, 7) is 2.16. The van der Waals surface area contributed by atoms with Crippen molar-refractivity contribution in [3.63, 3.8) is 0 Å². The van der Waals surface area contributed by atoms with E-state index in [-0.39, 0.29) is 6.04 Å². The zero-order valence-corrected chi connectivity index (χ0v) is 11.3. The fourth-order valence-electron chi connectivity index (χ4n) is 2.29. The first-order valence-corrected chi connectivity index (χ1v) is 6.67. The second-order valence-corrected chi connectivity index (χ2v) is 4.78. The van der Waals surface area contributed by atoms with Crippen LogP contribution in [0.2, 0.25) is 0 Å². The van der Waals surface area contributed by atoms with Crippen molar-refractivity contribution >= 4 is 0 Å². The highest BCUT2D eigenvalue weighted by atomic mass is 15.3. The molecule has 0 radical (unpaired) electrons. The minimum Gasteiger partial charge on any atom is -0.310 e. The van der Waals surface area contributed by atoms with Gasteiger partial charge >= 0.3 is 0 Å². The van der Waals surface area contributed by atoms with E-state index < -0.39 is 0 Å². The lowest BCUT2D eigenvalue weighted by atomic mass is 10.1. The Labute approximate surface area is 118 Å². The molecule has 0 amide bonds. The molecule has 2 aromatic heterocycles. The van der Waals surface area contributed by atoms with E-state index in [9.17, 15) is 0 Å². The molecule has 0 saturated carbocycles. The Hall–Kier alpha value is -2.49. The van der Waals surface area contributed by atoms with Gasteiger partial charge in [-0.2, -0.15) is 0 Å². The summed E-state index contributed by atoms with van der Waals surface area (Å²) in [6, 6.07) is 14.6. The van der Waals surface area contributed by atoms with E-state index in [1.807, 2.05) is 18.3 Å². The minimum absolute atomic E-state index is 0.220. The molecule has 2 heterocycles. The molecule has 3 rings (SSSR count). The Morgan fingerprint density at radius 1 is 1.10 bits per heavy atom. The van der Waals surface area contributed by atoms with Crippen LogP contribution in [0.15, 0.2) is 61.2 Å². The van der Waals surface area contributed by atoms with Crippen molar-refractivity contribution in [3.8, 4) is 0 Å². The second kappa shape index (κ2) is 5.65. The van der Waals surface area contributed by atoms with Crippen molar-refractivity contribution in [1.82, 2.24) is 19.7 Å². The molecule has 4 nitrogen and oxygen atoms in total. The van der Waals surface area contributed by atoms with Crippen LogP contribution in [-0.2, 0) is 6.42 Å². The van der Waals surface area contributed by atoms with Crippen LogP contribution in [0.3, 0.4) is 0 Å². The van der Waals surface area contributed by atoms with Gasteiger partial charge in [0.1, 0.15) is 12.2 Å². The molecule has 0 spiro atoms. The third-order valence-corrected chi connectivity index (χ3v) is 3.43. The normalized spacial score (nSPS) is 12.2. The standard InChI is InChI=1S/C16H16N4/c1-13(15-7-3-2-4-8-15)20-12-18-19-16(20)10-14-6-5-9-17-11-14/h2-9,11-13H,10H2,1H3. The number of hydrogen-bond acceptors (Lipinski definition) is 3. The lowest BCUT2D eigenvalue weighted by Crippen LogP contribution is -2.10. The summed E-state index contributed by atoms with van der Waals surface area (Å²) >= 11 is 0. The fraction of sp³-hybridized carbons (Fsp3) is 0.188. The predicted octanol–water partition coefficient (Wildman–Crippen LogP) is 2.87. The van der Waals surface area contributed by atoms with E-state index in [0.29, 0.717) is 0 Å². The van der Waals surface area contributed by atoms with Gasteiger partial charge in [0.25, 0.3) is 0 Å². The van der Waals surface area contributed by atoms with Gasteiger partial charge in [0.15, 0.2) is 0 Å². The number of aromatic nitrogens is 4. The number of hydrogen-bond donors (Lipinski definition) is 0. The average molecular weight is 264 g/mol.